The Bertz CT molecular complexity index is 711. The van der Waals surface area contributed by atoms with Gasteiger partial charge in [0.05, 0.1) is 0 Å². The number of non-ortho nitro benzene ring substituents is 1. The third-order valence-electron chi connectivity index (χ3n) is 2.85. The van der Waals surface area contributed by atoms with Gasteiger partial charge in [-0.25, -0.2) is 0 Å². The van der Waals surface area contributed by atoms with Crippen LogP contribution in [0.5, 0.6) is 0 Å². The van der Waals surface area contributed by atoms with Crippen LogP contribution in [0, 0.1) is 10.1 Å². The SMILES string of the molecule is CCOC(=O)/C(=C/c1ccc([N+](=O)[O-])cc1)[Se]c1ccccc1. The molecule has 118 valence electrons. The number of ether oxygens (including phenoxy) is 1. The summed E-state index contributed by atoms with van der Waals surface area (Å²) >= 11 is -0.199. The van der Waals surface area contributed by atoms with Crippen LogP contribution >= 0.6 is 0 Å². The van der Waals surface area contributed by atoms with Crippen LogP contribution in [0.4, 0.5) is 5.69 Å². The van der Waals surface area contributed by atoms with Crippen LogP contribution in [0.2, 0.25) is 0 Å². The second kappa shape index (κ2) is 8.27. The van der Waals surface area contributed by atoms with Gasteiger partial charge in [0.25, 0.3) is 0 Å². The Hall–Kier alpha value is -2.43. The van der Waals surface area contributed by atoms with E-state index in [0.29, 0.717) is 11.1 Å². The van der Waals surface area contributed by atoms with Crippen LogP contribution in [0.25, 0.3) is 6.08 Å². The molecule has 0 saturated heterocycles. The van der Waals surface area contributed by atoms with Crippen LogP contribution in [0.1, 0.15) is 12.5 Å². The van der Waals surface area contributed by atoms with E-state index in [1.807, 2.05) is 30.3 Å². The number of benzene rings is 2. The van der Waals surface area contributed by atoms with Crippen LogP contribution in [-0.2, 0) is 9.53 Å². The molecule has 0 amide bonds. The van der Waals surface area contributed by atoms with Crippen LogP contribution in [-0.4, -0.2) is 32.5 Å². The number of carbonyl (C=O) groups is 1. The number of nitro benzene ring substituents is 1. The molecule has 0 aromatic heterocycles. The molecule has 0 fully saturated rings. The first-order chi connectivity index (χ1) is 11.1. The quantitative estimate of drug-likeness (QED) is 0.255. The minimum atomic E-state index is -0.451. The predicted octanol–water partition coefficient (Wildman–Crippen LogP) is 2.53. The Balaban J connectivity index is 2.28. The maximum absolute atomic E-state index is 12.1. The van der Waals surface area contributed by atoms with E-state index in [0.717, 1.165) is 10.0 Å². The second-order valence-electron chi connectivity index (χ2n) is 4.49. The van der Waals surface area contributed by atoms with Gasteiger partial charge >= 0.3 is 140 Å². The van der Waals surface area contributed by atoms with E-state index >= 15 is 0 Å². The molecule has 0 unspecified atom stereocenters. The second-order valence-corrected chi connectivity index (χ2v) is 6.83. The van der Waals surface area contributed by atoms with Crippen molar-refractivity contribution in [2.24, 2.45) is 0 Å². The van der Waals surface area contributed by atoms with Crippen molar-refractivity contribution in [2.75, 3.05) is 6.61 Å². The molecule has 6 heteroatoms. The molecule has 0 saturated carbocycles. The van der Waals surface area contributed by atoms with Crippen molar-refractivity contribution < 1.29 is 14.5 Å². The van der Waals surface area contributed by atoms with Gasteiger partial charge < -0.3 is 0 Å². The first kappa shape index (κ1) is 16.9. The van der Waals surface area contributed by atoms with E-state index in [-0.39, 0.29) is 26.6 Å². The molecule has 23 heavy (non-hydrogen) atoms. The first-order valence-electron chi connectivity index (χ1n) is 6.96. The molecule has 0 atom stereocenters. The normalized spacial score (nSPS) is 11.1. The number of nitro groups is 1. The molecule has 0 N–H and O–H groups in total. The van der Waals surface area contributed by atoms with Gasteiger partial charge in [0.2, 0.25) is 0 Å². The Kier molecular flexibility index (Phi) is 6.09. The molecule has 2 aromatic carbocycles. The van der Waals surface area contributed by atoms with E-state index in [2.05, 4.69) is 0 Å². The molecule has 0 radical (unpaired) electrons. The van der Waals surface area contributed by atoms with Gasteiger partial charge in [0, 0.05) is 0 Å². The standard InChI is InChI=1S/C17H15NO4Se/c1-2-22-17(19)16(23-15-6-4-3-5-7-15)12-13-8-10-14(11-9-13)18(20)21/h3-12H,2H2,1H3/b16-12-. The van der Waals surface area contributed by atoms with Gasteiger partial charge in [0.15, 0.2) is 0 Å². The zero-order chi connectivity index (χ0) is 16.7. The Morgan fingerprint density at radius 1 is 1.17 bits per heavy atom. The van der Waals surface area contributed by atoms with Crippen molar-refractivity contribution in [1.82, 2.24) is 0 Å². The molecule has 0 spiro atoms. The topological polar surface area (TPSA) is 69.4 Å². The Morgan fingerprint density at radius 2 is 1.83 bits per heavy atom. The van der Waals surface area contributed by atoms with Crippen LogP contribution in [0.15, 0.2) is 59.1 Å². The zero-order valence-corrected chi connectivity index (χ0v) is 14.2. The van der Waals surface area contributed by atoms with Crippen molar-refractivity contribution in [3.63, 3.8) is 0 Å². The third kappa shape index (κ3) is 5.05. The zero-order valence-electron chi connectivity index (χ0n) is 12.5. The first-order valence-corrected chi connectivity index (χ1v) is 8.67. The summed E-state index contributed by atoms with van der Waals surface area (Å²) in [4.78, 5) is 22.4. The summed E-state index contributed by atoms with van der Waals surface area (Å²) in [6.07, 6.45) is 1.73. The van der Waals surface area contributed by atoms with Crippen molar-refractivity contribution in [1.29, 1.82) is 0 Å². The molecule has 0 heterocycles. The fraction of sp³-hybridized carbons (Fsp3) is 0.118. The average molecular weight is 376 g/mol. The average Bonchev–Trinajstić information content (AvgIpc) is 2.56. The van der Waals surface area contributed by atoms with E-state index in [9.17, 15) is 14.9 Å². The summed E-state index contributed by atoms with van der Waals surface area (Å²) < 4.78 is 6.74. The van der Waals surface area contributed by atoms with Crippen molar-refractivity contribution >= 4 is 37.2 Å². The van der Waals surface area contributed by atoms with Crippen LogP contribution in [0.3, 0.4) is 0 Å². The van der Waals surface area contributed by atoms with Gasteiger partial charge in [-0.15, -0.1) is 0 Å². The number of nitrogens with zero attached hydrogens (tertiary/aromatic N) is 1. The summed E-state index contributed by atoms with van der Waals surface area (Å²) in [5.41, 5.74) is 0.755. The van der Waals surface area contributed by atoms with Crippen molar-refractivity contribution in [3.05, 3.63) is 74.7 Å². The van der Waals surface area contributed by atoms with Gasteiger partial charge in [0.1, 0.15) is 0 Å². The summed E-state index contributed by atoms with van der Waals surface area (Å²) in [7, 11) is 0. The molecule has 2 rings (SSSR count). The molecular formula is C17H15NO4Se. The number of rotatable bonds is 6. The van der Waals surface area contributed by atoms with Gasteiger partial charge in [-0.05, 0) is 0 Å². The van der Waals surface area contributed by atoms with E-state index < -0.39 is 4.92 Å². The summed E-state index contributed by atoms with van der Waals surface area (Å²) in [5, 5.41) is 10.7. The molecule has 0 aliphatic rings. The number of hydrogen-bond acceptors (Lipinski definition) is 4. The molecule has 5 nitrogen and oxygen atoms in total. The maximum atomic E-state index is 12.1. The summed E-state index contributed by atoms with van der Waals surface area (Å²) in [5.74, 6) is -0.352. The third-order valence-corrected chi connectivity index (χ3v) is 4.97. The Morgan fingerprint density at radius 3 is 2.39 bits per heavy atom. The van der Waals surface area contributed by atoms with E-state index in [4.69, 9.17) is 4.74 Å². The van der Waals surface area contributed by atoms with Crippen molar-refractivity contribution in [3.8, 4) is 0 Å². The molecule has 2 aromatic rings. The minimum absolute atomic E-state index is 0.0217. The molecule has 0 aliphatic heterocycles. The molecule has 0 bridgehead atoms. The number of hydrogen-bond donors (Lipinski definition) is 0. The number of esters is 1. The fourth-order valence-electron chi connectivity index (χ4n) is 1.79. The molecular weight excluding hydrogens is 361 g/mol. The van der Waals surface area contributed by atoms with E-state index in [1.165, 1.54) is 12.1 Å². The Labute approximate surface area is 140 Å². The van der Waals surface area contributed by atoms with E-state index in [1.54, 1.807) is 25.1 Å². The van der Waals surface area contributed by atoms with Gasteiger partial charge in [-0.3, -0.25) is 0 Å². The summed E-state index contributed by atoms with van der Waals surface area (Å²) in [6.45, 7) is 2.07. The molecule has 0 aliphatic carbocycles. The number of carbonyl (C=O) groups excluding carboxylic acids is 1. The summed E-state index contributed by atoms with van der Waals surface area (Å²) in [6, 6.07) is 15.8. The predicted molar refractivity (Wildman–Crippen MR) is 89.5 cm³/mol. The monoisotopic (exact) mass is 377 g/mol. The van der Waals surface area contributed by atoms with Gasteiger partial charge in [-0.1, -0.05) is 0 Å². The van der Waals surface area contributed by atoms with Crippen LogP contribution < -0.4 is 4.46 Å². The van der Waals surface area contributed by atoms with Crippen molar-refractivity contribution in [2.45, 2.75) is 6.92 Å². The van der Waals surface area contributed by atoms with Gasteiger partial charge in [-0.2, -0.15) is 0 Å². The fourth-order valence-corrected chi connectivity index (χ4v) is 3.65.